The van der Waals surface area contributed by atoms with Gasteiger partial charge in [0.25, 0.3) is 0 Å². The molecule has 1 atom stereocenters. The number of rotatable bonds is 7. The highest BCUT2D eigenvalue weighted by Crippen LogP contribution is 2.06. The lowest BCUT2D eigenvalue weighted by atomic mass is 10.2. The molecule has 0 heterocycles. The van der Waals surface area contributed by atoms with Gasteiger partial charge in [-0.25, -0.2) is 0 Å². The molecule has 0 aliphatic heterocycles. The first kappa shape index (κ1) is 15.8. The second kappa shape index (κ2) is 7.36. The molecule has 1 unspecified atom stereocenters. The second-order valence-electron chi connectivity index (χ2n) is 5.89. The highest BCUT2D eigenvalue weighted by Gasteiger charge is 2.15. The summed E-state index contributed by atoms with van der Waals surface area (Å²) in [6.07, 6.45) is 3.38. The molecule has 1 nitrogen and oxygen atoms in total. The van der Waals surface area contributed by atoms with Crippen molar-refractivity contribution >= 4 is 25.0 Å². The van der Waals surface area contributed by atoms with E-state index >= 15 is 0 Å². The largest absolute Gasteiger partial charge is 0.309 e. The summed E-state index contributed by atoms with van der Waals surface area (Å²) in [5.41, 5.74) is 1.40. The standard InChI is InChI=1S/C15H27NSSi/c1-6-14(12-17-2)16-11-13-7-9-15(10-8-13)18(3,4)5/h7-10,14,16H,6,11-12H2,1-5H3. The van der Waals surface area contributed by atoms with E-state index in [4.69, 9.17) is 0 Å². The van der Waals surface area contributed by atoms with Crippen LogP contribution in [0.3, 0.4) is 0 Å². The van der Waals surface area contributed by atoms with Crippen LogP contribution >= 0.6 is 11.8 Å². The van der Waals surface area contributed by atoms with E-state index < -0.39 is 8.07 Å². The fourth-order valence-electron chi connectivity index (χ4n) is 1.91. The molecule has 1 aromatic carbocycles. The minimum Gasteiger partial charge on any atom is -0.309 e. The average Bonchev–Trinajstić information content (AvgIpc) is 2.34. The van der Waals surface area contributed by atoms with Crippen molar-refractivity contribution < 1.29 is 0 Å². The Morgan fingerprint density at radius 1 is 1.17 bits per heavy atom. The first-order chi connectivity index (χ1) is 8.47. The van der Waals surface area contributed by atoms with Crippen LogP contribution in [0.5, 0.6) is 0 Å². The third-order valence-corrected chi connectivity index (χ3v) is 6.08. The molecule has 0 aliphatic rings. The zero-order chi connectivity index (χ0) is 13.6. The first-order valence-corrected chi connectivity index (χ1v) is 11.7. The predicted molar refractivity (Wildman–Crippen MR) is 88.7 cm³/mol. The minimum atomic E-state index is -1.14. The normalized spacial score (nSPS) is 13.6. The van der Waals surface area contributed by atoms with Crippen molar-refractivity contribution in [1.82, 2.24) is 5.32 Å². The van der Waals surface area contributed by atoms with Gasteiger partial charge in [-0.3, -0.25) is 0 Å². The number of thioether (sulfide) groups is 1. The van der Waals surface area contributed by atoms with Crippen molar-refractivity contribution in [2.45, 2.75) is 45.6 Å². The van der Waals surface area contributed by atoms with Gasteiger partial charge in [0, 0.05) is 18.3 Å². The molecule has 0 aromatic heterocycles. The molecular weight excluding hydrogens is 254 g/mol. The van der Waals surface area contributed by atoms with Crippen LogP contribution in [0.2, 0.25) is 19.6 Å². The second-order valence-corrected chi connectivity index (χ2v) is 11.9. The molecule has 0 aliphatic carbocycles. The van der Waals surface area contributed by atoms with Crippen LogP contribution in [0.15, 0.2) is 24.3 Å². The summed E-state index contributed by atoms with van der Waals surface area (Å²) in [6.45, 7) is 10.4. The van der Waals surface area contributed by atoms with Gasteiger partial charge >= 0.3 is 0 Å². The highest BCUT2D eigenvalue weighted by atomic mass is 32.2. The topological polar surface area (TPSA) is 12.0 Å². The molecule has 0 radical (unpaired) electrons. The average molecular weight is 282 g/mol. The highest BCUT2D eigenvalue weighted by molar-refractivity contribution is 7.98. The Morgan fingerprint density at radius 3 is 2.22 bits per heavy atom. The van der Waals surface area contributed by atoms with Gasteiger partial charge in [0.05, 0.1) is 8.07 Å². The Kier molecular flexibility index (Phi) is 6.47. The van der Waals surface area contributed by atoms with Crippen molar-refractivity contribution in [1.29, 1.82) is 0 Å². The maximum absolute atomic E-state index is 3.64. The molecule has 0 saturated heterocycles. The van der Waals surface area contributed by atoms with Gasteiger partial charge in [0.1, 0.15) is 0 Å². The van der Waals surface area contributed by atoms with E-state index in [2.05, 4.69) is 62.4 Å². The zero-order valence-electron chi connectivity index (χ0n) is 12.4. The smallest absolute Gasteiger partial charge is 0.0775 e. The Balaban J connectivity index is 2.53. The fraction of sp³-hybridized carbons (Fsp3) is 0.600. The molecular formula is C15H27NSSi. The number of nitrogens with one attached hydrogen (secondary N) is 1. The van der Waals surface area contributed by atoms with Crippen LogP contribution in [0.4, 0.5) is 0 Å². The number of hydrogen-bond acceptors (Lipinski definition) is 2. The lowest BCUT2D eigenvalue weighted by molar-refractivity contribution is 0.541. The van der Waals surface area contributed by atoms with E-state index in [9.17, 15) is 0 Å². The van der Waals surface area contributed by atoms with E-state index in [1.807, 2.05) is 11.8 Å². The zero-order valence-corrected chi connectivity index (χ0v) is 14.2. The predicted octanol–water partition coefficient (Wildman–Crippen LogP) is 3.46. The molecule has 0 fully saturated rings. The van der Waals surface area contributed by atoms with Gasteiger partial charge < -0.3 is 5.32 Å². The van der Waals surface area contributed by atoms with E-state index in [1.165, 1.54) is 17.7 Å². The van der Waals surface area contributed by atoms with Gasteiger partial charge in [-0.15, -0.1) is 0 Å². The molecule has 0 spiro atoms. The summed E-state index contributed by atoms with van der Waals surface area (Å²) in [4.78, 5) is 0. The third-order valence-electron chi connectivity index (χ3n) is 3.28. The molecule has 1 aromatic rings. The van der Waals surface area contributed by atoms with Crippen molar-refractivity contribution in [2.75, 3.05) is 12.0 Å². The number of hydrogen-bond donors (Lipinski definition) is 1. The third kappa shape index (κ3) is 5.17. The van der Waals surface area contributed by atoms with Gasteiger partial charge in [0.2, 0.25) is 0 Å². The van der Waals surface area contributed by atoms with Crippen molar-refractivity contribution in [3.8, 4) is 0 Å². The van der Waals surface area contributed by atoms with Gasteiger partial charge in [-0.1, -0.05) is 56.0 Å². The Labute approximate surface area is 118 Å². The monoisotopic (exact) mass is 281 g/mol. The van der Waals surface area contributed by atoms with Gasteiger partial charge in [-0.05, 0) is 18.2 Å². The van der Waals surface area contributed by atoms with Gasteiger partial charge in [0.15, 0.2) is 0 Å². The van der Waals surface area contributed by atoms with Crippen molar-refractivity contribution in [3.05, 3.63) is 29.8 Å². The summed E-state index contributed by atoms with van der Waals surface area (Å²) >= 11 is 1.92. The maximum Gasteiger partial charge on any atom is 0.0775 e. The molecule has 3 heteroatoms. The summed E-state index contributed by atoms with van der Waals surface area (Å²) in [5.74, 6) is 1.20. The first-order valence-electron chi connectivity index (χ1n) is 6.79. The summed E-state index contributed by atoms with van der Waals surface area (Å²) in [5, 5.41) is 5.18. The minimum absolute atomic E-state index is 0.636. The Hall–Kier alpha value is -0.253. The van der Waals surface area contributed by atoms with Crippen LogP contribution in [-0.4, -0.2) is 26.1 Å². The van der Waals surface area contributed by atoms with E-state index in [1.54, 1.807) is 5.19 Å². The molecule has 0 bridgehead atoms. The molecule has 18 heavy (non-hydrogen) atoms. The molecule has 102 valence electrons. The maximum atomic E-state index is 3.64. The van der Waals surface area contributed by atoms with Crippen molar-refractivity contribution in [3.63, 3.8) is 0 Å². The summed E-state index contributed by atoms with van der Waals surface area (Å²) in [7, 11) is -1.14. The number of benzene rings is 1. The van der Waals surface area contributed by atoms with Crippen LogP contribution in [0.25, 0.3) is 0 Å². The van der Waals surface area contributed by atoms with Gasteiger partial charge in [-0.2, -0.15) is 11.8 Å². The quantitative estimate of drug-likeness (QED) is 0.768. The molecule has 1 rings (SSSR count). The van der Waals surface area contributed by atoms with E-state index in [-0.39, 0.29) is 0 Å². The fourth-order valence-corrected chi connectivity index (χ4v) is 3.83. The Bertz CT molecular complexity index is 343. The van der Waals surface area contributed by atoms with Crippen LogP contribution in [0.1, 0.15) is 18.9 Å². The van der Waals surface area contributed by atoms with Crippen LogP contribution in [-0.2, 0) is 6.54 Å². The van der Waals surface area contributed by atoms with Crippen LogP contribution in [0, 0.1) is 0 Å². The summed E-state index contributed by atoms with van der Waals surface area (Å²) in [6, 6.07) is 9.84. The van der Waals surface area contributed by atoms with E-state index in [0.717, 1.165) is 6.54 Å². The molecule has 1 N–H and O–H groups in total. The molecule has 0 amide bonds. The van der Waals surface area contributed by atoms with E-state index in [0.29, 0.717) is 6.04 Å². The summed E-state index contributed by atoms with van der Waals surface area (Å²) < 4.78 is 0. The van der Waals surface area contributed by atoms with Crippen LogP contribution < -0.4 is 10.5 Å². The molecule has 0 saturated carbocycles. The lowest BCUT2D eigenvalue weighted by Crippen LogP contribution is -2.37. The van der Waals surface area contributed by atoms with Crippen molar-refractivity contribution in [2.24, 2.45) is 0 Å². The lowest BCUT2D eigenvalue weighted by Gasteiger charge is -2.18. The Morgan fingerprint density at radius 2 is 1.78 bits per heavy atom. The SMILES string of the molecule is CCC(CSC)NCc1ccc([Si](C)(C)C)cc1.